The van der Waals surface area contributed by atoms with Crippen molar-refractivity contribution in [1.82, 2.24) is 4.90 Å². The van der Waals surface area contributed by atoms with Gasteiger partial charge in [-0.3, -0.25) is 9.46 Å². The van der Waals surface area contributed by atoms with Gasteiger partial charge in [0.25, 0.3) is 0 Å². The Hall–Kier alpha value is -0.910. The molecule has 2 rings (SSSR count). The van der Waals surface area contributed by atoms with E-state index in [1.807, 2.05) is 38.1 Å². The fourth-order valence-electron chi connectivity index (χ4n) is 2.86. The van der Waals surface area contributed by atoms with E-state index in [1.54, 1.807) is 7.11 Å². The second-order valence-corrected chi connectivity index (χ2v) is 7.75. The van der Waals surface area contributed by atoms with Crippen LogP contribution in [0.15, 0.2) is 24.3 Å². The van der Waals surface area contributed by atoms with Gasteiger partial charge in [0.15, 0.2) is 0 Å². The zero-order valence-corrected chi connectivity index (χ0v) is 15.7. The maximum Gasteiger partial charge on any atom is 0.347 e. The van der Waals surface area contributed by atoms with E-state index in [1.165, 1.54) is 0 Å². The second-order valence-electron chi connectivity index (χ2n) is 5.56. The molecule has 0 bridgehead atoms. The Labute approximate surface area is 144 Å². The zero-order chi connectivity index (χ0) is 17.4. The van der Waals surface area contributed by atoms with Crippen LogP contribution < -0.4 is 4.74 Å². The minimum Gasteiger partial charge on any atom is -0.497 e. The average Bonchev–Trinajstić information content (AvgIpc) is 2.61. The molecule has 0 spiro atoms. The lowest BCUT2D eigenvalue weighted by Gasteiger charge is -2.37. The third-order valence-electron chi connectivity index (χ3n) is 4.03. The Morgan fingerprint density at radius 2 is 1.71 bits per heavy atom. The summed E-state index contributed by atoms with van der Waals surface area (Å²) in [7, 11) is -1.60. The number of benzene rings is 1. The van der Waals surface area contributed by atoms with E-state index in [9.17, 15) is 4.57 Å². The monoisotopic (exact) mass is 357 g/mol. The average molecular weight is 357 g/mol. The Morgan fingerprint density at radius 1 is 1.12 bits per heavy atom. The SMILES string of the molecule is CCOP(=O)(OCC)C(Cc1ccc(OC)cc1)N1CCOCC1. The van der Waals surface area contributed by atoms with Crippen molar-refractivity contribution >= 4 is 7.60 Å². The first-order valence-electron chi connectivity index (χ1n) is 8.46. The first-order valence-corrected chi connectivity index (χ1v) is 10.1. The van der Waals surface area contributed by atoms with E-state index >= 15 is 0 Å². The summed E-state index contributed by atoms with van der Waals surface area (Å²) in [4.78, 5) is 2.17. The van der Waals surface area contributed by atoms with Crippen LogP contribution in [-0.2, 0) is 24.8 Å². The van der Waals surface area contributed by atoms with E-state index in [2.05, 4.69) is 4.90 Å². The fraction of sp³-hybridized carbons (Fsp3) is 0.647. The Kier molecular flexibility index (Phi) is 7.72. The van der Waals surface area contributed by atoms with Gasteiger partial charge >= 0.3 is 7.60 Å². The summed E-state index contributed by atoms with van der Waals surface area (Å²) in [6.07, 6.45) is 0.598. The van der Waals surface area contributed by atoms with Crippen LogP contribution in [0.4, 0.5) is 0 Å². The van der Waals surface area contributed by atoms with Crippen LogP contribution >= 0.6 is 7.60 Å². The highest BCUT2D eigenvalue weighted by Gasteiger charge is 2.40. The van der Waals surface area contributed by atoms with Gasteiger partial charge in [-0.2, -0.15) is 0 Å². The molecular formula is C17H28NO5P. The van der Waals surface area contributed by atoms with E-state index in [0.717, 1.165) is 24.4 Å². The van der Waals surface area contributed by atoms with Crippen LogP contribution in [0.2, 0.25) is 0 Å². The summed E-state index contributed by atoms with van der Waals surface area (Å²) in [5.41, 5.74) is 1.08. The molecule has 1 unspecified atom stereocenters. The molecule has 0 radical (unpaired) electrons. The summed E-state index contributed by atoms with van der Waals surface area (Å²) in [6, 6.07) is 7.82. The standard InChI is InChI=1S/C17H28NO5P/c1-4-22-24(19,23-5-2)17(18-10-12-21-13-11-18)14-15-6-8-16(20-3)9-7-15/h6-9,17H,4-5,10-14H2,1-3H3. The van der Waals surface area contributed by atoms with E-state index in [0.29, 0.717) is 32.8 Å². The summed E-state index contributed by atoms with van der Waals surface area (Å²) in [6.45, 7) is 7.14. The molecule has 1 atom stereocenters. The lowest BCUT2D eigenvalue weighted by molar-refractivity contribution is 0.0241. The van der Waals surface area contributed by atoms with Crippen LogP contribution in [0.3, 0.4) is 0 Å². The quantitative estimate of drug-likeness (QED) is 0.633. The predicted octanol–water partition coefficient (Wildman–Crippen LogP) is 3.16. The van der Waals surface area contributed by atoms with Gasteiger partial charge in [-0.15, -0.1) is 0 Å². The number of hydrogen-bond donors (Lipinski definition) is 0. The molecule has 136 valence electrons. The molecule has 1 heterocycles. The maximum atomic E-state index is 13.4. The number of ether oxygens (including phenoxy) is 2. The van der Waals surface area contributed by atoms with Gasteiger partial charge in [0.1, 0.15) is 11.5 Å². The Bertz CT molecular complexity index is 520. The van der Waals surface area contributed by atoms with Gasteiger partial charge < -0.3 is 18.5 Å². The highest BCUT2D eigenvalue weighted by molar-refractivity contribution is 7.54. The molecule has 1 aliphatic rings. The predicted molar refractivity (Wildman–Crippen MR) is 93.7 cm³/mol. The summed E-state index contributed by atoms with van der Waals surface area (Å²) in [5, 5.41) is 0. The number of hydrogen-bond acceptors (Lipinski definition) is 6. The van der Waals surface area contributed by atoms with E-state index in [-0.39, 0.29) is 5.78 Å². The van der Waals surface area contributed by atoms with Crippen LogP contribution in [0.25, 0.3) is 0 Å². The molecule has 1 aromatic carbocycles. The minimum absolute atomic E-state index is 0.310. The van der Waals surface area contributed by atoms with Crippen LogP contribution in [0.5, 0.6) is 5.75 Å². The van der Waals surface area contributed by atoms with Crippen molar-refractivity contribution in [3.05, 3.63) is 29.8 Å². The van der Waals surface area contributed by atoms with Crippen molar-refractivity contribution in [3.8, 4) is 5.75 Å². The summed E-state index contributed by atoms with van der Waals surface area (Å²) >= 11 is 0. The number of rotatable bonds is 9. The molecule has 0 saturated carbocycles. The smallest absolute Gasteiger partial charge is 0.347 e. The maximum absolute atomic E-state index is 13.4. The number of morpholine rings is 1. The van der Waals surface area contributed by atoms with E-state index < -0.39 is 7.60 Å². The molecule has 1 saturated heterocycles. The largest absolute Gasteiger partial charge is 0.497 e. The Balaban J connectivity index is 2.24. The minimum atomic E-state index is -3.24. The van der Waals surface area contributed by atoms with Crippen molar-refractivity contribution in [1.29, 1.82) is 0 Å². The molecule has 24 heavy (non-hydrogen) atoms. The molecule has 0 N–H and O–H groups in total. The molecular weight excluding hydrogens is 329 g/mol. The molecule has 1 fully saturated rings. The van der Waals surface area contributed by atoms with Crippen molar-refractivity contribution in [2.75, 3.05) is 46.6 Å². The fourth-order valence-corrected chi connectivity index (χ4v) is 5.06. The normalized spacial score (nSPS) is 17.6. The molecule has 7 heteroatoms. The van der Waals surface area contributed by atoms with Crippen molar-refractivity contribution < 1.29 is 23.1 Å². The van der Waals surface area contributed by atoms with Gasteiger partial charge in [-0.1, -0.05) is 12.1 Å². The van der Waals surface area contributed by atoms with Gasteiger partial charge in [0.2, 0.25) is 0 Å². The summed E-state index contributed by atoms with van der Waals surface area (Å²) in [5.74, 6) is 0.495. The van der Waals surface area contributed by atoms with Gasteiger partial charge in [-0.05, 0) is 38.0 Å². The van der Waals surface area contributed by atoms with Gasteiger partial charge in [0.05, 0.1) is 33.5 Å². The third-order valence-corrected chi connectivity index (χ3v) is 6.50. The van der Waals surface area contributed by atoms with Gasteiger partial charge in [-0.25, -0.2) is 0 Å². The molecule has 0 amide bonds. The molecule has 6 nitrogen and oxygen atoms in total. The molecule has 0 aromatic heterocycles. The molecule has 1 aliphatic heterocycles. The number of nitrogens with zero attached hydrogens (tertiary/aromatic N) is 1. The second kappa shape index (κ2) is 9.54. The van der Waals surface area contributed by atoms with Crippen LogP contribution in [0.1, 0.15) is 19.4 Å². The summed E-state index contributed by atoms with van der Waals surface area (Å²) < 4.78 is 35.3. The highest BCUT2D eigenvalue weighted by atomic mass is 31.2. The molecule has 1 aromatic rings. The van der Waals surface area contributed by atoms with Crippen LogP contribution in [0, 0.1) is 0 Å². The van der Waals surface area contributed by atoms with Crippen molar-refractivity contribution in [3.63, 3.8) is 0 Å². The topological polar surface area (TPSA) is 57.2 Å². The molecule has 0 aliphatic carbocycles. The van der Waals surface area contributed by atoms with Crippen molar-refractivity contribution in [2.45, 2.75) is 26.1 Å². The lowest BCUT2D eigenvalue weighted by Crippen LogP contribution is -2.45. The van der Waals surface area contributed by atoms with Crippen molar-refractivity contribution in [2.24, 2.45) is 0 Å². The first kappa shape index (κ1) is 19.4. The number of methoxy groups -OCH3 is 1. The van der Waals surface area contributed by atoms with Gasteiger partial charge in [0, 0.05) is 13.1 Å². The zero-order valence-electron chi connectivity index (χ0n) is 14.8. The Morgan fingerprint density at radius 3 is 2.21 bits per heavy atom. The third kappa shape index (κ3) is 5.04. The lowest BCUT2D eigenvalue weighted by atomic mass is 10.1. The van der Waals surface area contributed by atoms with E-state index in [4.69, 9.17) is 18.5 Å². The van der Waals surface area contributed by atoms with Crippen LogP contribution in [-0.4, -0.2) is 57.3 Å². The first-order chi connectivity index (χ1) is 11.6. The highest BCUT2D eigenvalue weighted by Crippen LogP contribution is 2.55.